The van der Waals surface area contributed by atoms with E-state index in [2.05, 4.69) is 35.9 Å². The number of likely N-dealkylation sites (N-methyl/N-ethyl adjacent to an activating group) is 1. The second-order valence-electron chi connectivity index (χ2n) is 6.52. The zero-order valence-corrected chi connectivity index (χ0v) is 13.2. The quantitative estimate of drug-likeness (QED) is 0.824. The van der Waals surface area contributed by atoms with E-state index < -0.39 is 0 Å². The third-order valence-electron chi connectivity index (χ3n) is 5.06. The minimum absolute atomic E-state index is 0.740. The predicted molar refractivity (Wildman–Crippen MR) is 82.6 cm³/mol. The molecule has 2 rings (SSSR count). The Morgan fingerprint density at radius 3 is 2.42 bits per heavy atom. The van der Waals surface area contributed by atoms with Crippen molar-refractivity contribution in [2.75, 3.05) is 39.3 Å². The van der Waals surface area contributed by atoms with Crippen LogP contribution in [0.15, 0.2) is 0 Å². The molecule has 3 nitrogen and oxygen atoms in total. The average Bonchev–Trinajstić information content (AvgIpc) is 2.46. The molecule has 3 atom stereocenters. The molecular weight excluding hydrogens is 234 g/mol. The molecular formula is C16H33N3. The molecule has 0 bridgehead atoms. The number of hydrogen-bond acceptors (Lipinski definition) is 3. The van der Waals surface area contributed by atoms with E-state index in [1.165, 1.54) is 65.0 Å². The van der Waals surface area contributed by atoms with E-state index in [9.17, 15) is 0 Å². The van der Waals surface area contributed by atoms with Gasteiger partial charge in [0.15, 0.2) is 0 Å². The number of piperazine rings is 1. The summed E-state index contributed by atoms with van der Waals surface area (Å²) in [6.07, 6.45) is 5.43. The molecule has 2 fully saturated rings. The second-order valence-corrected chi connectivity index (χ2v) is 6.52. The lowest BCUT2D eigenvalue weighted by molar-refractivity contribution is 0.0520. The number of hydrogen-bond donors (Lipinski definition) is 1. The Labute approximate surface area is 119 Å². The van der Waals surface area contributed by atoms with E-state index in [0.717, 1.165) is 18.0 Å². The van der Waals surface area contributed by atoms with Crippen LogP contribution in [0.25, 0.3) is 0 Å². The molecule has 0 radical (unpaired) electrons. The minimum Gasteiger partial charge on any atom is -0.312 e. The smallest absolute Gasteiger partial charge is 0.0252 e. The number of nitrogens with one attached hydrogen (secondary N) is 1. The molecule has 1 aliphatic carbocycles. The lowest BCUT2D eigenvalue weighted by atomic mass is 9.82. The van der Waals surface area contributed by atoms with E-state index in [1.54, 1.807) is 0 Å². The van der Waals surface area contributed by atoms with Crippen LogP contribution in [0.5, 0.6) is 0 Å². The Morgan fingerprint density at radius 1 is 1.05 bits per heavy atom. The maximum absolute atomic E-state index is 3.81. The molecule has 19 heavy (non-hydrogen) atoms. The first-order valence-corrected chi connectivity index (χ1v) is 8.44. The fourth-order valence-corrected chi connectivity index (χ4v) is 3.73. The van der Waals surface area contributed by atoms with Gasteiger partial charge in [-0.2, -0.15) is 0 Å². The first-order chi connectivity index (χ1) is 9.24. The Balaban J connectivity index is 1.89. The van der Waals surface area contributed by atoms with Crippen molar-refractivity contribution in [3.8, 4) is 0 Å². The van der Waals surface area contributed by atoms with Gasteiger partial charge in [-0.1, -0.05) is 20.8 Å². The van der Waals surface area contributed by atoms with Crippen molar-refractivity contribution >= 4 is 0 Å². The van der Waals surface area contributed by atoms with Crippen LogP contribution in [-0.4, -0.2) is 61.2 Å². The van der Waals surface area contributed by atoms with E-state index >= 15 is 0 Å². The molecule has 3 heteroatoms. The SMILES string of the molecule is CCCNC1CCC(C)CC1N1CCN(CC)CC1. The molecule has 1 heterocycles. The first-order valence-electron chi connectivity index (χ1n) is 8.44. The van der Waals surface area contributed by atoms with Gasteiger partial charge in [0.1, 0.15) is 0 Å². The molecule has 1 saturated carbocycles. The van der Waals surface area contributed by atoms with Crippen molar-refractivity contribution in [3.05, 3.63) is 0 Å². The summed E-state index contributed by atoms with van der Waals surface area (Å²) in [5.41, 5.74) is 0. The maximum atomic E-state index is 3.81. The molecule has 1 aliphatic heterocycles. The fourth-order valence-electron chi connectivity index (χ4n) is 3.73. The molecule has 0 aromatic rings. The maximum Gasteiger partial charge on any atom is 0.0252 e. The van der Waals surface area contributed by atoms with Gasteiger partial charge in [-0.05, 0) is 44.7 Å². The monoisotopic (exact) mass is 267 g/mol. The van der Waals surface area contributed by atoms with Gasteiger partial charge < -0.3 is 10.2 Å². The van der Waals surface area contributed by atoms with E-state index in [4.69, 9.17) is 0 Å². The summed E-state index contributed by atoms with van der Waals surface area (Å²) in [6, 6.07) is 1.53. The van der Waals surface area contributed by atoms with Crippen molar-refractivity contribution in [3.63, 3.8) is 0 Å². The summed E-state index contributed by atoms with van der Waals surface area (Å²) in [5, 5.41) is 3.81. The average molecular weight is 267 g/mol. The van der Waals surface area contributed by atoms with Gasteiger partial charge in [0, 0.05) is 38.3 Å². The van der Waals surface area contributed by atoms with E-state index in [0.29, 0.717) is 0 Å². The molecule has 0 amide bonds. The van der Waals surface area contributed by atoms with Gasteiger partial charge in [0.05, 0.1) is 0 Å². The van der Waals surface area contributed by atoms with Crippen molar-refractivity contribution in [2.24, 2.45) is 5.92 Å². The Bertz CT molecular complexity index is 246. The summed E-state index contributed by atoms with van der Waals surface area (Å²) in [4.78, 5) is 5.35. The van der Waals surface area contributed by atoms with Crippen LogP contribution < -0.4 is 5.32 Å². The first kappa shape index (κ1) is 15.3. The normalized spacial score (nSPS) is 34.6. The van der Waals surface area contributed by atoms with Crippen LogP contribution >= 0.6 is 0 Å². The zero-order chi connectivity index (χ0) is 13.7. The van der Waals surface area contributed by atoms with Gasteiger partial charge in [-0.15, -0.1) is 0 Å². The van der Waals surface area contributed by atoms with Gasteiger partial charge in [-0.25, -0.2) is 0 Å². The molecule has 0 aromatic heterocycles. The lowest BCUT2D eigenvalue weighted by Gasteiger charge is -2.45. The van der Waals surface area contributed by atoms with Crippen molar-refractivity contribution < 1.29 is 0 Å². The van der Waals surface area contributed by atoms with Crippen LogP contribution in [0.4, 0.5) is 0 Å². The van der Waals surface area contributed by atoms with Crippen molar-refractivity contribution in [1.29, 1.82) is 0 Å². The van der Waals surface area contributed by atoms with Gasteiger partial charge >= 0.3 is 0 Å². The molecule has 2 aliphatic rings. The highest BCUT2D eigenvalue weighted by Crippen LogP contribution is 2.28. The van der Waals surface area contributed by atoms with E-state index in [-0.39, 0.29) is 0 Å². The van der Waals surface area contributed by atoms with Gasteiger partial charge in [-0.3, -0.25) is 4.90 Å². The summed E-state index contributed by atoms with van der Waals surface area (Å²) >= 11 is 0. The van der Waals surface area contributed by atoms with Crippen LogP contribution in [0.1, 0.15) is 46.5 Å². The van der Waals surface area contributed by atoms with Gasteiger partial charge in [0.25, 0.3) is 0 Å². The number of nitrogens with zero attached hydrogens (tertiary/aromatic N) is 2. The molecule has 112 valence electrons. The van der Waals surface area contributed by atoms with E-state index in [1.807, 2.05) is 0 Å². The minimum atomic E-state index is 0.740. The van der Waals surface area contributed by atoms with Crippen molar-refractivity contribution in [2.45, 2.75) is 58.5 Å². The Kier molecular flexibility index (Phi) is 6.11. The van der Waals surface area contributed by atoms with Crippen molar-refractivity contribution in [1.82, 2.24) is 15.1 Å². The topological polar surface area (TPSA) is 18.5 Å². The molecule has 0 aromatic carbocycles. The highest BCUT2D eigenvalue weighted by atomic mass is 15.3. The molecule has 1 N–H and O–H groups in total. The summed E-state index contributed by atoms with van der Waals surface area (Å²) in [7, 11) is 0. The van der Waals surface area contributed by atoms with Crippen LogP contribution in [-0.2, 0) is 0 Å². The highest BCUT2D eigenvalue weighted by Gasteiger charge is 2.33. The standard InChI is InChI=1S/C16H33N3/c1-4-8-17-15-7-6-14(3)13-16(15)19-11-9-18(5-2)10-12-19/h14-17H,4-13H2,1-3H3. The van der Waals surface area contributed by atoms with Gasteiger partial charge in [0.2, 0.25) is 0 Å². The number of rotatable bonds is 5. The summed E-state index contributed by atoms with van der Waals surface area (Å²) in [5.74, 6) is 0.911. The summed E-state index contributed by atoms with van der Waals surface area (Å²) < 4.78 is 0. The van der Waals surface area contributed by atoms with Crippen LogP contribution in [0.2, 0.25) is 0 Å². The third kappa shape index (κ3) is 4.17. The third-order valence-corrected chi connectivity index (χ3v) is 5.06. The van der Waals surface area contributed by atoms with Crippen LogP contribution in [0, 0.1) is 5.92 Å². The highest BCUT2D eigenvalue weighted by molar-refractivity contribution is 4.92. The Morgan fingerprint density at radius 2 is 1.79 bits per heavy atom. The molecule has 0 spiro atoms. The molecule has 3 unspecified atom stereocenters. The molecule has 1 saturated heterocycles. The zero-order valence-electron chi connectivity index (χ0n) is 13.2. The fraction of sp³-hybridized carbons (Fsp3) is 1.00. The summed E-state index contributed by atoms with van der Waals surface area (Å²) in [6.45, 7) is 14.5. The van der Waals surface area contributed by atoms with Crippen LogP contribution in [0.3, 0.4) is 0 Å². The predicted octanol–water partition coefficient (Wildman–Crippen LogP) is 2.18. The largest absolute Gasteiger partial charge is 0.312 e. The Hall–Kier alpha value is -0.120. The second kappa shape index (κ2) is 7.61. The lowest BCUT2D eigenvalue weighted by Crippen LogP contribution is -2.58.